The molecule has 2 N–H and O–H groups in total. The number of carbonyl (C=O) groups excluding carboxylic acids is 1. The van der Waals surface area contributed by atoms with Crippen molar-refractivity contribution >= 4 is 17.5 Å². The standard InChI is InChI=1S/C17H23ClN4O/c1-2-22-15-8-11(10-3-5-19-6-4-10)14(18)7-12(15)16-13(17(22)23)9-20-21-16/h3-6,11-16,20-21H,2,7-9H2,1H3. The number of nitrogens with one attached hydrogen (secondary N) is 2. The molecule has 2 aliphatic heterocycles. The highest BCUT2D eigenvalue weighted by molar-refractivity contribution is 6.21. The van der Waals surface area contributed by atoms with Gasteiger partial charge in [-0.1, -0.05) is 0 Å². The van der Waals surface area contributed by atoms with Gasteiger partial charge in [-0.25, -0.2) is 0 Å². The molecule has 1 aromatic rings. The second-order valence-electron chi connectivity index (χ2n) is 6.89. The summed E-state index contributed by atoms with van der Waals surface area (Å²) in [6.07, 6.45) is 5.53. The first-order valence-corrected chi connectivity index (χ1v) is 8.97. The van der Waals surface area contributed by atoms with Crippen molar-refractivity contribution < 1.29 is 4.79 Å². The largest absolute Gasteiger partial charge is 0.339 e. The summed E-state index contributed by atoms with van der Waals surface area (Å²) in [6.45, 7) is 3.59. The number of hydrogen-bond acceptors (Lipinski definition) is 4. The monoisotopic (exact) mass is 334 g/mol. The van der Waals surface area contributed by atoms with Crippen LogP contribution in [0.5, 0.6) is 0 Å². The van der Waals surface area contributed by atoms with Crippen molar-refractivity contribution in [3.63, 3.8) is 0 Å². The molecule has 1 saturated carbocycles. The first-order valence-electron chi connectivity index (χ1n) is 8.53. The average molecular weight is 335 g/mol. The Bertz CT molecular complexity index is 583. The summed E-state index contributed by atoms with van der Waals surface area (Å²) in [6, 6.07) is 4.60. The Kier molecular flexibility index (Phi) is 4.03. The van der Waals surface area contributed by atoms with E-state index in [1.807, 2.05) is 12.4 Å². The van der Waals surface area contributed by atoms with Gasteiger partial charge in [0, 0.05) is 48.9 Å². The lowest BCUT2D eigenvalue weighted by Crippen LogP contribution is -2.62. The molecular formula is C17H23ClN4O. The maximum atomic E-state index is 12.8. The van der Waals surface area contributed by atoms with E-state index in [4.69, 9.17) is 11.6 Å². The third-order valence-electron chi connectivity index (χ3n) is 5.88. The van der Waals surface area contributed by atoms with Gasteiger partial charge in [0.1, 0.15) is 0 Å². The molecule has 1 aliphatic carbocycles. The summed E-state index contributed by atoms with van der Waals surface area (Å²) in [5.41, 5.74) is 7.76. The summed E-state index contributed by atoms with van der Waals surface area (Å²) in [4.78, 5) is 19.0. The van der Waals surface area contributed by atoms with Crippen LogP contribution in [-0.4, -0.2) is 46.3 Å². The van der Waals surface area contributed by atoms with Crippen molar-refractivity contribution in [2.45, 2.75) is 43.1 Å². The molecule has 124 valence electrons. The van der Waals surface area contributed by atoms with Gasteiger partial charge in [0.15, 0.2) is 0 Å². The predicted octanol–water partition coefficient (Wildman–Crippen LogP) is 1.51. The molecule has 4 rings (SSSR count). The van der Waals surface area contributed by atoms with Crippen LogP contribution in [0.4, 0.5) is 0 Å². The number of hydrazine groups is 1. The fourth-order valence-electron chi connectivity index (χ4n) is 4.79. The fraction of sp³-hybridized carbons (Fsp3) is 0.647. The molecule has 0 radical (unpaired) electrons. The zero-order valence-electron chi connectivity index (χ0n) is 13.3. The van der Waals surface area contributed by atoms with Crippen LogP contribution in [0.25, 0.3) is 0 Å². The van der Waals surface area contributed by atoms with Crippen molar-refractivity contribution in [2.75, 3.05) is 13.1 Å². The van der Waals surface area contributed by atoms with E-state index < -0.39 is 0 Å². The number of hydrogen-bond donors (Lipinski definition) is 2. The number of piperidine rings is 1. The molecule has 6 heteroatoms. The molecule has 5 nitrogen and oxygen atoms in total. The van der Waals surface area contributed by atoms with Crippen LogP contribution in [0.1, 0.15) is 31.2 Å². The zero-order valence-corrected chi connectivity index (χ0v) is 14.0. The number of fused-ring (bicyclic) bond motifs is 3. The van der Waals surface area contributed by atoms with E-state index in [0.717, 1.165) is 25.9 Å². The normalized spacial score (nSPS) is 39.9. The molecule has 6 atom stereocenters. The molecular weight excluding hydrogens is 312 g/mol. The van der Waals surface area contributed by atoms with E-state index >= 15 is 0 Å². The Morgan fingerprint density at radius 3 is 2.83 bits per heavy atom. The van der Waals surface area contributed by atoms with Crippen molar-refractivity contribution in [3.8, 4) is 0 Å². The fourth-order valence-corrected chi connectivity index (χ4v) is 5.25. The van der Waals surface area contributed by atoms with Crippen molar-refractivity contribution in [3.05, 3.63) is 30.1 Å². The number of rotatable bonds is 2. The third kappa shape index (κ3) is 2.46. The topological polar surface area (TPSA) is 57.3 Å². The highest BCUT2D eigenvalue weighted by Crippen LogP contribution is 2.46. The van der Waals surface area contributed by atoms with Crippen LogP contribution in [0.3, 0.4) is 0 Å². The number of likely N-dealkylation sites (tertiary alicyclic amines) is 1. The molecule has 23 heavy (non-hydrogen) atoms. The third-order valence-corrected chi connectivity index (χ3v) is 6.37. The van der Waals surface area contributed by atoms with Crippen LogP contribution in [0.2, 0.25) is 0 Å². The predicted molar refractivity (Wildman–Crippen MR) is 88.9 cm³/mol. The number of nitrogens with zero attached hydrogens (tertiary/aromatic N) is 2. The average Bonchev–Trinajstić information content (AvgIpc) is 3.06. The quantitative estimate of drug-likeness (QED) is 0.805. The first-order chi connectivity index (χ1) is 11.2. The Morgan fingerprint density at radius 2 is 2.09 bits per heavy atom. The number of carbonyl (C=O) groups is 1. The molecule has 3 fully saturated rings. The highest BCUT2D eigenvalue weighted by atomic mass is 35.5. The van der Waals surface area contributed by atoms with Gasteiger partial charge in [-0.2, -0.15) is 0 Å². The van der Waals surface area contributed by atoms with E-state index in [1.54, 1.807) is 0 Å². The van der Waals surface area contributed by atoms with Gasteiger partial charge in [0.2, 0.25) is 5.91 Å². The summed E-state index contributed by atoms with van der Waals surface area (Å²) >= 11 is 6.78. The molecule has 1 aromatic heterocycles. The van der Waals surface area contributed by atoms with Gasteiger partial charge in [0.05, 0.1) is 5.92 Å². The molecule has 2 saturated heterocycles. The molecule has 3 aliphatic rings. The van der Waals surface area contributed by atoms with Gasteiger partial charge >= 0.3 is 0 Å². The molecule has 3 heterocycles. The van der Waals surface area contributed by atoms with Crippen molar-refractivity contribution in [1.29, 1.82) is 0 Å². The maximum Gasteiger partial charge on any atom is 0.228 e. The van der Waals surface area contributed by atoms with Crippen LogP contribution in [0.15, 0.2) is 24.5 Å². The van der Waals surface area contributed by atoms with Gasteiger partial charge in [-0.15, -0.1) is 11.6 Å². The van der Waals surface area contributed by atoms with Gasteiger partial charge in [0.25, 0.3) is 0 Å². The number of halogens is 1. The minimum Gasteiger partial charge on any atom is -0.339 e. The number of amides is 1. The lowest BCUT2D eigenvalue weighted by atomic mass is 9.67. The molecule has 1 amide bonds. The lowest BCUT2D eigenvalue weighted by Gasteiger charge is -2.51. The Morgan fingerprint density at radius 1 is 1.30 bits per heavy atom. The Hall–Kier alpha value is -1.17. The van der Waals surface area contributed by atoms with E-state index in [9.17, 15) is 4.79 Å². The second kappa shape index (κ2) is 6.04. The Labute approximate surface area is 141 Å². The molecule has 0 spiro atoms. The van der Waals surface area contributed by atoms with Crippen LogP contribution in [-0.2, 0) is 4.79 Å². The maximum absolute atomic E-state index is 12.8. The lowest BCUT2D eigenvalue weighted by molar-refractivity contribution is -0.146. The summed E-state index contributed by atoms with van der Waals surface area (Å²) < 4.78 is 0. The van der Waals surface area contributed by atoms with E-state index in [-0.39, 0.29) is 35.2 Å². The SMILES string of the molecule is CCN1C(=O)C2CNNC2C2CC(Cl)C(c3ccncc3)CC21. The van der Waals surface area contributed by atoms with Crippen LogP contribution in [0, 0.1) is 11.8 Å². The minimum absolute atomic E-state index is 0.0533. The zero-order chi connectivity index (χ0) is 16.0. The van der Waals surface area contributed by atoms with Crippen LogP contribution < -0.4 is 10.9 Å². The number of pyridine rings is 1. The molecule has 0 aromatic carbocycles. The smallest absolute Gasteiger partial charge is 0.228 e. The summed E-state index contributed by atoms with van der Waals surface area (Å²) in [5, 5.41) is 0.105. The van der Waals surface area contributed by atoms with E-state index in [2.05, 4.69) is 39.8 Å². The number of alkyl halides is 1. The van der Waals surface area contributed by atoms with Gasteiger partial charge in [-0.3, -0.25) is 20.6 Å². The Balaban J connectivity index is 1.64. The second-order valence-corrected chi connectivity index (χ2v) is 7.45. The summed E-state index contributed by atoms with van der Waals surface area (Å²) in [7, 11) is 0. The van der Waals surface area contributed by atoms with Crippen LogP contribution >= 0.6 is 11.6 Å². The van der Waals surface area contributed by atoms with Gasteiger partial charge < -0.3 is 4.90 Å². The van der Waals surface area contributed by atoms with Crippen molar-refractivity contribution in [2.24, 2.45) is 11.8 Å². The number of aromatic nitrogens is 1. The molecule has 6 unspecified atom stereocenters. The highest BCUT2D eigenvalue weighted by Gasteiger charge is 2.53. The van der Waals surface area contributed by atoms with E-state index in [1.165, 1.54) is 5.56 Å². The van der Waals surface area contributed by atoms with E-state index in [0.29, 0.717) is 5.92 Å². The minimum atomic E-state index is 0.0533. The van der Waals surface area contributed by atoms with Gasteiger partial charge in [-0.05, 0) is 43.4 Å². The summed E-state index contributed by atoms with van der Waals surface area (Å²) in [5.74, 6) is 1.05. The van der Waals surface area contributed by atoms with Crippen molar-refractivity contribution in [1.82, 2.24) is 20.7 Å². The molecule has 0 bridgehead atoms. The first kappa shape index (κ1) is 15.4.